The van der Waals surface area contributed by atoms with Crippen molar-refractivity contribution in [3.63, 3.8) is 0 Å². The zero-order valence-electron chi connectivity index (χ0n) is 11.8. The maximum atomic E-state index is 12.7. The number of amides is 1. The molecular formula is C12H18F3N5O. The van der Waals surface area contributed by atoms with Crippen molar-refractivity contribution in [2.75, 3.05) is 30.8 Å². The van der Waals surface area contributed by atoms with Crippen molar-refractivity contribution in [2.24, 2.45) is 0 Å². The predicted molar refractivity (Wildman–Crippen MR) is 73.0 cm³/mol. The summed E-state index contributed by atoms with van der Waals surface area (Å²) >= 11 is 0. The molecule has 0 aliphatic carbocycles. The van der Waals surface area contributed by atoms with Crippen molar-refractivity contribution in [2.45, 2.75) is 25.9 Å². The van der Waals surface area contributed by atoms with E-state index in [1.54, 1.807) is 0 Å². The summed E-state index contributed by atoms with van der Waals surface area (Å²) in [6, 6.07) is 0.810. The molecule has 0 saturated heterocycles. The number of carbonyl (C=O) groups excluding carboxylic acids is 1. The van der Waals surface area contributed by atoms with E-state index < -0.39 is 11.9 Å². The number of aromatic nitrogens is 2. The van der Waals surface area contributed by atoms with E-state index in [4.69, 9.17) is 0 Å². The van der Waals surface area contributed by atoms with Gasteiger partial charge in [-0.2, -0.15) is 18.2 Å². The third kappa shape index (κ3) is 5.84. The van der Waals surface area contributed by atoms with Crippen molar-refractivity contribution in [1.29, 1.82) is 0 Å². The molecule has 9 heteroatoms. The van der Waals surface area contributed by atoms with Crippen LogP contribution in [-0.4, -0.2) is 36.0 Å². The first-order valence-electron chi connectivity index (χ1n) is 6.51. The molecule has 1 amide bonds. The second kappa shape index (κ2) is 7.65. The normalized spacial score (nSPS) is 11.1. The molecule has 0 aromatic carbocycles. The average molecular weight is 305 g/mol. The molecule has 1 aromatic heterocycles. The van der Waals surface area contributed by atoms with Crippen molar-refractivity contribution in [3.05, 3.63) is 11.8 Å². The van der Waals surface area contributed by atoms with Crippen molar-refractivity contribution in [3.8, 4) is 0 Å². The second-order valence-corrected chi connectivity index (χ2v) is 4.24. The topological polar surface area (TPSA) is 78.9 Å². The number of nitrogens with zero attached hydrogens (tertiary/aromatic N) is 2. The van der Waals surface area contributed by atoms with Gasteiger partial charge in [0.25, 0.3) is 0 Å². The summed E-state index contributed by atoms with van der Waals surface area (Å²) in [6.07, 6.45) is -3.57. The van der Waals surface area contributed by atoms with Crippen molar-refractivity contribution < 1.29 is 18.0 Å². The van der Waals surface area contributed by atoms with Crippen LogP contribution in [0.1, 0.15) is 25.5 Å². The first kappa shape index (κ1) is 17.0. The zero-order chi connectivity index (χ0) is 15.9. The smallest absolute Gasteiger partial charge is 0.369 e. The Kier molecular flexibility index (Phi) is 6.19. The van der Waals surface area contributed by atoms with Crippen LogP contribution in [0.25, 0.3) is 0 Å². The Morgan fingerprint density at radius 3 is 2.57 bits per heavy atom. The lowest BCUT2D eigenvalue weighted by molar-refractivity contribution is -0.141. The van der Waals surface area contributed by atoms with Gasteiger partial charge in [0.05, 0.1) is 0 Å². The van der Waals surface area contributed by atoms with E-state index in [9.17, 15) is 18.0 Å². The van der Waals surface area contributed by atoms with Gasteiger partial charge in [0.1, 0.15) is 5.82 Å². The fourth-order valence-electron chi connectivity index (χ4n) is 1.45. The van der Waals surface area contributed by atoms with E-state index in [0.29, 0.717) is 6.54 Å². The van der Waals surface area contributed by atoms with E-state index >= 15 is 0 Å². The Morgan fingerprint density at radius 2 is 2.00 bits per heavy atom. The number of carbonyl (C=O) groups is 1. The number of anilines is 2. The molecule has 0 unspecified atom stereocenters. The minimum absolute atomic E-state index is 0.0185. The molecule has 0 fully saturated rings. The van der Waals surface area contributed by atoms with Crippen LogP contribution in [0.5, 0.6) is 0 Å². The third-order valence-electron chi connectivity index (χ3n) is 2.47. The number of hydrogen-bond donors (Lipinski definition) is 3. The largest absolute Gasteiger partial charge is 0.433 e. The fourth-order valence-corrected chi connectivity index (χ4v) is 1.45. The molecule has 0 spiro atoms. The standard InChI is InChI=1S/C12H18F3N5O/c1-3-5-18-10(21)4-6-17-9-7-8(12(13,14)15)19-11(16-2)20-9/h7H,3-6H2,1-2H3,(H,18,21)(H2,16,17,19,20). The van der Waals surface area contributed by atoms with Crippen LogP contribution in [0.2, 0.25) is 0 Å². The second-order valence-electron chi connectivity index (χ2n) is 4.24. The van der Waals surface area contributed by atoms with E-state index in [1.807, 2.05) is 6.92 Å². The predicted octanol–water partition coefficient (Wildman–Crippen LogP) is 1.87. The number of rotatable bonds is 7. The molecule has 0 bridgehead atoms. The summed E-state index contributed by atoms with van der Waals surface area (Å²) in [6.45, 7) is 2.69. The van der Waals surface area contributed by atoms with Gasteiger partial charge < -0.3 is 16.0 Å². The fraction of sp³-hybridized carbons (Fsp3) is 0.583. The highest BCUT2D eigenvalue weighted by atomic mass is 19.4. The zero-order valence-corrected chi connectivity index (χ0v) is 11.8. The van der Waals surface area contributed by atoms with Crippen LogP contribution in [0.15, 0.2) is 6.07 Å². The number of nitrogens with one attached hydrogen (secondary N) is 3. The van der Waals surface area contributed by atoms with Crippen molar-refractivity contribution in [1.82, 2.24) is 15.3 Å². The van der Waals surface area contributed by atoms with E-state index in [0.717, 1.165) is 12.5 Å². The number of hydrogen-bond acceptors (Lipinski definition) is 5. The molecular weight excluding hydrogens is 287 g/mol. The lowest BCUT2D eigenvalue weighted by Crippen LogP contribution is -2.26. The van der Waals surface area contributed by atoms with E-state index in [2.05, 4.69) is 25.9 Å². The molecule has 1 heterocycles. The average Bonchev–Trinajstić information content (AvgIpc) is 2.43. The Hall–Kier alpha value is -2.06. The molecule has 1 rings (SSSR count). The van der Waals surface area contributed by atoms with Gasteiger partial charge in [0, 0.05) is 32.6 Å². The molecule has 0 aliphatic heterocycles. The molecule has 6 nitrogen and oxygen atoms in total. The minimum Gasteiger partial charge on any atom is -0.369 e. The van der Waals surface area contributed by atoms with Crippen LogP contribution >= 0.6 is 0 Å². The molecule has 0 aliphatic rings. The summed E-state index contributed by atoms with van der Waals surface area (Å²) in [4.78, 5) is 18.6. The summed E-state index contributed by atoms with van der Waals surface area (Å²) in [5.41, 5.74) is -1.04. The first-order chi connectivity index (χ1) is 9.86. The quantitative estimate of drug-likeness (QED) is 0.716. The van der Waals surface area contributed by atoms with Gasteiger partial charge in [-0.25, -0.2) is 4.98 Å². The Balaban J connectivity index is 2.64. The highest BCUT2D eigenvalue weighted by Gasteiger charge is 2.33. The monoisotopic (exact) mass is 305 g/mol. The molecule has 1 aromatic rings. The van der Waals surface area contributed by atoms with Crippen LogP contribution in [0.3, 0.4) is 0 Å². The number of alkyl halides is 3. The highest BCUT2D eigenvalue weighted by Crippen LogP contribution is 2.29. The van der Waals surface area contributed by atoms with Gasteiger partial charge in [-0.3, -0.25) is 4.79 Å². The van der Waals surface area contributed by atoms with Gasteiger partial charge in [-0.1, -0.05) is 6.92 Å². The molecule has 0 atom stereocenters. The first-order valence-corrected chi connectivity index (χ1v) is 6.51. The van der Waals surface area contributed by atoms with Crippen LogP contribution in [-0.2, 0) is 11.0 Å². The molecule has 0 radical (unpaired) electrons. The van der Waals surface area contributed by atoms with Gasteiger partial charge in [-0.05, 0) is 6.42 Å². The Labute approximate surface area is 120 Å². The van der Waals surface area contributed by atoms with Crippen LogP contribution < -0.4 is 16.0 Å². The molecule has 0 saturated carbocycles. The molecule has 21 heavy (non-hydrogen) atoms. The molecule has 118 valence electrons. The lowest BCUT2D eigenvalue weighted by Gasteiger charge is -2.11. The maximum Gasteiger partial charge on any atom is 0.433 e. The number of halogens is 3. The lowest BCUT2D eigenvalue weighted by atomic mass is 10.3. The summed E-state index contributed by atoms with van der Waals surface area (Å²) in [7, 11) is 1.43. The Bertz CT molecular complexity index is 478. The van der Waals surface area contributed by atoms with Gasteiger partial charge in [-0.15, -0.1) is 0 Å². The van der Waals surface area contributed by atoms with E-state index in [1.165, 1.54) is 7.05 Å². The van der Waals surface area contributed by atoms with Crippen LogP contribution in [0, 0.1) is 0 Å². The third-order valence-corrected chi connectivity index (χ3v) is 2.47. The summed E-state index contributed by atoms with van der Waals surface area (Å²) < 4.78 is 38.0. The van der Waals surface area contributed by atoms with Gasteiger partial charge in [0.2, 0.25) is 11.9 Å². The van der Waals surface area contributed by atoms with Crippen molar-refractivity contribution >= 4 is 17.7 Å². The highest BCUT2D eigenvalue weighted by molar-refractivity contribution is 5.76. The minimum atomic E-state index is -4.55. The van der Waals surface area contributed by atoms with Gasteiger partial charge >= 0.3 is 6.18 Å². The maximum absolute atomic E-state index is 12.7. The SMILES string of the molecule is CCCNC(=O)CCNc1cc(C(F)(F)F)nc(NC)n1. The van der Waals surface area contributed by atoms with Gasteiger partial charge in [0.15, 0.2) is 5.69 Å². The van der Waals surface area contributed by atoms with Crippen LogP contribution in [0.4, 0.5) is 24.9 Å². The Morgan fingerprint density at radius 1 is 1.29 bits per heavy atom. The molecule has 3 N–H and O–H groups in total. The van der Waals surface area contributed by atoms with E-state index in [-0.39, 0.29) is 30.6 Å². The summed E-state index contributed by atoms with van der Waals surface area (Å²) in [5, 5.41) is 7.83. The summed E-state index contributed by atoms with van der Waals surface area (Å²) in [5.74, 6) is -0.281.